The predicted octanol–water partition coefficient (Wildman–Crippen LogP) is 1.26. The molecule has 0 heterocycles. The van der Waals surface area contributed by atoms with Gasteiger partial charge in [-0.3, -0.25) is 9.69 Å². The number of carbonyl (C=O) groups is 1. The lowest BCUT2D eigenvalue weighted by atomic mass is 10.1. The Bertz CT molecular complexity index is 348. The summed E-state index contributed by atoms with van der Waals surface area (Å²) in [5.74, 6) is 0.945. The maximum Gasteiger partial charge on any atom is 0.223 e. The minimum atomic E-state index is 0.150. The van der Waals surface area contributed by atoms with E-state index >= 15 is 0 Å². The van der Waals surface area contributed by atoms with Crippen molar-refractivity contribution in [1.82, 2.24) is 9.80 Å². The molecule has 1 rings (SSSR count). The van der Waals surface area contributed by atoms with Crippen LogP contribution in [0.4, 0.5) is 0 Å². The van der Waals surface area contributed by atoms with E-state index in [9.17, 15) is 4.79 Å². The van der Waals surface area contributed by atoms with E-state index in [-0.39, 0.29) is 5.91 Å². The molecule has 1 atom stereocenters. The van der Waals surface area contributed by atoms with Crippen LogP contribution < -0.4 is 5.73 Å². The fourth-order valence-corrected chi connectivity index (χ4v) is 2.53. The van der Waals surface area contributed by atoms with Gasteiger partial charge in [0, 0.05) is 52.7 Å². The number of nitrogens with zero attached hydrogens (tertiary/aromatic N) is 2. The summed E-state index contributed by atoms with van der Waals surface area (Å²) in [4.78, 5) is 16.7. The van der Waals surface area contributed by atoms with Crippen molar-refractivity contribution in [2.24, 2.45) is 11.7 Å². The molecule has 0 aromatic heterocycles. The van der Waals surface area contributed by atoms with E-state index in [1.807, 2.05) is 7.05 Å². The first-order chi connectivity index (χ1) is 9.95. The maximum atomic E-state index is 12.1. The van der Waals surface area contributed by atoms with Crippen molar-refractivity contribution in [2.75, 3.05) is 40.4 Å². The number of nitrogens with two attached hydrogens (primary N) is 1. The van der Waals surface area contributed by atoms with Gasteiger partial charge in [-0.25, -0.2) is 0 Å². The molecular formula is C15H29N3O2S. The Morgan fingerprint density at radius 2 is 2.00 bits per heavy atom. The summed E-state index contributed by atoms with van der Waals surface area (Å²) >= 11 is 4.84. The number of ether oxygens (including phenoxy) is 1. The first kappa shape index (κ1) is 18.3. The van der Waals surface area contributed by atoms with Gasteiger partial charge in [-0.2, -0.15) is 0 Å². The standard InChI is InChI=1S/C15H29N3O2S/c1-12(13-4-5-13)18(10-11-20-3)9-7-15(19)17(2)8-6-14(16)21/h12-13H,4-11H2,1-3H3,(H2,16,21). The summed E-state index contributed by atoms with van der Waals surface area (Å²) < 4.78 is 5.18. The van der Waals surface area contributed by atoms with Crippen molar-refractivity contribution in [3.63, 3.8) is 0 Å². The lowest BCUT2D eigenvalue weighted by Gasteiger charge is -2.29. The number of hydrogen-bond donors (Lipinski definition) is 1. The number of amides is 1. The highest BCUT2D eigenvalue weighted by atomic mass is 32.1. The van der Waals surface area contributed by atoms with Crippen LogP contribution >= 0.6 is 12.2 Å². The average Bonchev–Trinajstić information content (AvgIpc) is 3.28. The van der Waals surface area contributed by atoms with Crippen LogP contribution in [-0.4, -0.2) is 67.1 Å². The lowest BCUT2D eigenvalue weighted by Crippen LogP contribution is -2.40. The highest BCUT2D eigenvalue weighted by molar-refractivity contribution is 7.80. The molecule has 0 aromatic rings. The molecule has 0 spiro atoms. The summed E-state index contributed by atoms with van der Waals surface area (Å²) in [5.41, 5.74) is 5.47. The second-order valence-electron chi connectivity index (χ2n) is 5.89. The Hall–Kier alpha value is -0.720. The van der Waals surface area contributed by atoms with Crippen molar-refractivity contribution in [1.29, 1.82) is 0 Å². The molecule has 1 aliphatic rings. The number of methoxy groups -OCH3 is 1. The Balaban J connectivity index is 2.36. The van der Waals surface area contributed by atoms with Crippen LogP contribution in [0, 0.1) is 5.92 Å². The highest BCUT2D eigenvalue weighted by Gasteiger charge is 2.31. The molecule has 0 aliphatic heterocycles. The number of hydrogen-bond acceptors (Lipinski definition) is 4. The minimum absolute atomic E-state index is 0.150. The quantitative estimate of drug-likeness (QED) is 0.582. The molecule has 1 amide bonds. The lowest BCUT2D eigenvalue weighted by molar-refractivity contribution is -0.130. The number of rotatable bonds is 11. The van der Waals surface area contributed by atoms with Crippen LogP contribution in [0.2, 0.25) is 0 Å². The Labute approximate surface area is 133 Å². The maximum absolute atomic E-state index is 12.1. The molecule has 0 bridgehead atoms. The third-order valence-corrected chi connectivity index (χ3v) is 4.40. The Morgan fingerprint density at radius 3 is 2.52 bits per heavy atom. The summed E-state index contributed by atoms with van der Waals surface area (Å²) in [6.07, 6.45) is 3.75. The van der Waals surface area contributed by atoms with Crippen molar-refractivity contribution < 1.29 is 9.53 Å². The third kappa shape index (κ3) is 7.20. The van der Waals surface area contributed by atoms with Gasteiger partial charge in [0.25, 0.3) is 0 Å². The third-order valence-electron chi connectivity index (χ3n) is 4.20. The van der Waals surface area contributed by atoms with Crippen LogP contribution in [0.3, 0.4) is 0 Å². The van der Waals surface area contributed by atoms with Crippen molar-refractivity contribution in [3.05, 3.63) is 0 Å². The molecule has 6 heteroatoms. The van der Waals surface area contributed by atoms with Gasteiger partial charge < -0.3 is 15.4 Å². The highest BCUT2D eigenvalue weighted by Crippen LogP contribution is 2.35. The van der Waals surface area contributed by atoms with Gasteiger partial charge in [0.1, 0.15) is 0 Å². The zero-order valence-electron chi connectivity index (χ0n) is 13.5. The van der Waals surface area contributed by atoms with Gasteiger partial charge in [-0.15, -0.1) is 0 Å². The number of thiocarbonyl (C=S) groups is 1. The summed E-state index contributed by atoms with van der Waals surface area (Å²) in [7, 11) is 3.53. The van der Waals surface area contributed by atoms with Gasteiger partial charge in [0.05, 0.1) is 11.6 Å². The molecule has 5 nitrogen and oxygen atoms in total. The van der Waals surface area contributed by atoms with Gasteiger partial charge in [-0.1, -0.05) is 12.2 Å². The molecule has 0 radical (unpaired) electrons. The van der Waals surface area contributed by atoms with E-state index in [1.165, 1.54) is 12.8 Å². The van der Waals surface area contributed by atoms with Gasteiger partial charge in [0.15, 0.2) is 0 Å². The van der Waals surface area contributed by atoms with Crippen molar-refractivity contribution in [3.8, 4) is 0 Å². The van der Waals surface area contributed by atoms with E-state index in [0.717, 1.165) is 19.0 Å². The Kier molecular flexibility index (Phi) is 8.14. The molecule has 122 valence electrons. The van der Waals surface area contributed by atoms with Crippen LogP contribution in [0.1, 0.15) is 32.6 Å². The van der Waals surface area contributed by atoms with Gasteiger partial charge in [0.2, 0.25) is 5.91 Å². The van der Waals surface area contributed by atoms with E-state index in [0.29, 0.717) is 37.0 Å². The van der Waals surface area contributed by atoms with E-state index in [1.54, 1.807) is 12.0 Å². The normalized spacial score (nSPS) is 16.0. The Morgan fingerprint density at radius 1 is 1.33 bits per heavy atom. The molecule has 2 N–H and O–H groups in total. The summed E-state index contributed by atoms with van der Waals surface area (Å²) in [6, 6.07) is 0.537. The van der Waals surface area contributed by atoms with Gasteiger partial charge >= 0.3 is 0 Å². The molecule has 0 saturated heterocycles. The second kappa shape index (κ2) is 9.33. The van der Waals surface area contributed by atoms with Crippen LogP contribution in [0.5, 0.6) is 0 Å². The summed E-state index contributed by atoms with van der Waals surface area (Å²) in [5, 5.41) is 0. The van der Waals surface area contributed by atoms with Crippen LogP contribution in [0.25, 0.3) is 0 Å². The van der Waals surface area contributed by atoms with Crippen molar-refractivity contribution >= 4 is 23.1 Å². The fraction of sp³-hybridized carbons (Fsp3) is 0.867. The molecular weight excluding hydrogens is 286 g/mol. The largest absolute Gasteiger partial charge is 0.393 e. The molecule has 1 saturated carbocycles. The molecule has 0 aromatic carbocycles. The fourth-order valence-electron chi connectivity index (χ4n) is 2.44. The van der Waals surface area contributed by atoms with Crippen LogP contribution in [0.15, 0.2) is 0 Å². The van der Waals surface area contributed by atoms with E-state index in [2.05, 4.69) is 11.8 Å². The second-order valence-corrected chi connectivity index (χ2v) is 6.41. The monoisotopic (exact) mass is 315 g/mol. The average molecular weight is 315 g/mol. The first-order valence-corrected chi connectivity index (χ1v) is 8.11. The van der Waals surface area contributed by atoms with Gasteiger partial charge in [-0.05, 0) is 25.7 Å². The zero-order chi connectivity index (χ0) is 15.8. The topological polar surface area (TPSA) is 58.8 Å². The molecule has 21 heavy (non-hydrogen) atoms. The van der Waals surface area contributed by atoms with Crippen molar-refractivity contribution in [2.45, 2.75) is 38.6 Å². The number of carbonyl (C=O) groups excluding carboxylic acids is 1. The smallest absolute Gasteiger partial charge is 0.223 e. The summed E-state index contributed by atoms with van der Waals surface area (Å²) in [6.45, 7) is 5.25. The first-order valence-electron chi connectivity index (χ1n) is 7.71. The zero-order valence-corrected chi connectivity index (χ0v) is 14.3. The molecule has 1 aliphatic carbocycles. The molecule has 1 unspecified atom stereocenters. The molecule has 1 fully saturated rings. The van der Waals surface area contributed by atoms with E-state index < -0.39 is 0 Å². The van der Waals surface area contributed by atoms with E-state index in [4.69, 9.17) is 22.7 Å². The predicted molar refractivity (Wildman–Crippen MR) is 89.3 cm³/mol. The minimum Gasteiger partial charge on any atom is -0.393 e. The SMILES string of the molecule is COCCN(CCC(=O)N(C)CCC(N)=S)C(C)C1CC1. The van der Waals surface area contributed by atoms with Crippen LogP contribution in [-0.2, 0) is 9.53 Å².